The number of carboxylic acids is 2. The smallest absolute Gasteiger partial charge is 0.303 e. The Bertz CT molecular complexity index is 3070. The number of hydrogen-bond acceptors (Lipinski definition) is 9. The van der Waals surface area contributed by atoms with Crippen molar-refractivity contribution in [1.29, 1.82) is 0 Å². The zero-order valence-electron chi connectivity index (χ0n) is 41.4. The zero-order chi connectivity index (χ0) is 54.5. The number of carbonyl (C=O) groups is 2. The molecule has 2 atom stereocenters. The Hall–Kier alpha value is -0.620. The summed E-state index contributed by atoms with van der Waals surface area (Å²) in [5.74, 6) is -2.70. The normalized spacial score (nSPS) is 20.1. The minimum Gasteiger partial charge on any atom is -0.481 e. The summed E-state index contributed by atoms with van der Waals surface area (Å²) in [7, 11) is -4.74. The lowest BCUT2D eigenvalue weighted by molar-refractivity contribution is -0.437. The van der Waals surface area contributed by atoms with Crippen LogP contribution in [0.3, 0.4) is 0 Å². The van der Waals surface area contributed by atoms with Gasteiger partial charge in [0.1, 0.15) is 6.54 Å². The van der Waals surface area contributed by atoms with Crippen molar-refractivity contribution >= 4 is 202 Å². The Balaban J connectivity index is 1.56. The number of allylic oxidation sites excluding steroid dienone is 7. The molecule has 2 heterocycles. The van der Waals surface area contributed by atoms with Crippen LogP contribution in [0.15, 0.2) is 87.3 Å². The third-order valence-electron chi connectivity index (χ3n) is 13.8. The van der Waals surface area contributed by atoms with E-state index in [1.54, 1.807) is 16.7 Å². The van der Waals surface area contributed by atoms with E-state index in [4.69, 9.17) is 0 Å². The molecular formula is C52H60I6N3O10S3+. The summed E-state index contributed by atoms with van der Waals surface area (Å²) in [5, 5.41) is 18.8. The average Bonchev–Trinajstić information content (AvgIpc) is 3.66. The van der Waals surface area contributed by atoms with Crippen molar-refractivity contribution in [2.45, 2.75) is 119 Å². The molecule has 22 heteroatoms. The summed E-state index contributed by atoms with van der Waals surface area (Å²) < 4.78 is 78.9. The van der Waals surface area contributed by atoms with Crippen LogP contribution in [0.25, 0.3) is 0 Å². The van der Waals surface area contributed by atoms with Gasteiger partial charge >= 0.3 is 11.9 Å². The number of carboxylic acid groups (broad SMARTS) is 2. The van der Waals surface area contributed by atoms with Crippen molar-refractivity contribution in [3.05, 3.63) is 115 Å². The average molecular weight is 1740 g/mol. The van der Waals surface area contributed by atoms with Gasteiger partial charge < -0.3 is 20.0 Å². The van der Waals surface area contributed by atoms with Gasteiger partial charge in [-0.15, -0.1) is 0 Å². The van der Waals surface area contributed by atoms with Crippen LogP contribution in [0, 0.1) is 21.4 Å². The quantitative estimate of drug-likeness (QED) is 0.0218. The van der Waals surface area contributed by atoms with E-state index in [2.05, 4.69) is 207 Å². The minimum absolute atomic E-state index is 0.0657. The zero-order valence-corrected chi connectivity index (χ0v) is 56.8. The second kappa shape index (κ2) is 26.8. The second-order valence-corrected chi connectivity index (χ2v) is 30.1. The molecule has 6 rings (SSSR count). The van der Waals surface area contributed by atoms with Crippen molar-refractivity contribution in [1.82, 2.24) is 0 Å². The van der Waals surface area contributed by atoms with Gasteiger partial charge in [-0.1, -0.05) is 49.6 Å². The fourth-order valence-electron chi connectivity index (χ4n) is 10.3. The predicted molar refractivity (Wildman–Crippen MR) is 348 cm³/mol. The van der Waals surface area contributed by atoms with E-state index in [1.165, 1.54) is 0 Å². The van der Waals surface area contributed by atoms with Crippen LogP contribution in [0.2, 0.25) is 0 Å². The number of nitrogens with zero attached hydrogens (tertiary/aromatic N) is 3. The first-order valence-electron chi connectivity index (χ1n) is 24.1. The number of anilines is 2. The molecule has 402 valence electrons. The Labute approximate surface area is 522 Å². The van der Waals surface area contributed by atoms with Crippen molar-refractivity contribution in [3.8, 4) is 0 Å². The molecule has 3 aliphatic rings. The molecule has 0 saturated carbocycles. The molecule has 2 aliphatic heterocycles. The molecular weight excluding hydrogens is 1680 g/mol. The molecule has 13 nitrogen and oxygen atoms in total. The molecule has 2 unspecified atom stereocenters. The summed E-state index contributed by atoms with van der Waals surface area (Å²) in [6.45, 7) is 4.69. The topological polar surface area (TPSA) is 193 Å². The largest absolute Gasteiger partial charge is 0.481 e. The fraction of sp³-hybridized carbons (Fsp3) is 0.442. The number of aliphatic carboxylic acids is 2. The van der Waals surface area contributed by atoms with Crippen molar-refractivity contribution in [3.63, 3.8) is 0 Å². The molecule has 0 saturated heterocycles. The molecule has 0 fully saturated rings. The first-order valence-corrected chi connectivity index (χ1v) is 34.6. The van der Waals surface area contributed by atoms with Gasteiger partial charge in [0.15, 0.2) is 11.6 Å². The number of fused-ring (bicyclic) bond motifs is 2. The standard InChI is InChI=1S/C52H59I6N3O10S3/c1-51(25-9-5-7-15-42(62)63)40(60(27-12-28-73(66,67)68)38-29-36(53)46(55)48(57)44(38)51)23-17-32-13-11-14-33(50(32)72-35-21-19-34(20-22-35)59(3)4)18-24-41-52(2,26-10-6-8-16-43(64)65)45-39(61(41)31-74(69,70)71)30-37(54)47(56)49(45)58/h17-24,29-30H,5-16,25-28,31H2,1-4H3,(H3-,62,63,64,65,66,67,68,69,70,71)/p+1. The first-order chi connectivity index (χ1) is 34.7. The maximum atomic E-state index is 12.9. The van der Waals surface area contributed by atoms with Crippen molar-refractivity contribution in [2.75, 3.05) is 42.1 Å². The van der Waals surface area contributed by atoms with E-state index in [0.29, 0.717) is 44.3 Å². The summed E-state index contributed by atoms with van der Waals surface area (Å²) in [4.78, 5) is 28.8. The van der Waals surface area contributed by atoms with E-state index in [1.807, 2.05) is 26.2 Å². The molecule has 4 N–H and O–H groups in total. The number of rotatable bonds is 24. The lowest BCUT2D eigenvalue weighted by atomic mass is 9.75. The van der Waals surface area contributed by atoms with Gasteiger partial charge in [0.25, 0.3) is 20.2 Å². The van der Waals surface area contributed by atoms with Gasteiger partial charge in [0.05, 0.1) is 16.7 Å². The van der Waals surface area contributed by atoms with Crippen LogP contribution < -0.4 is 9.80 Å². The van der Waals surface area contributed by atoms with Crippen LogP contribution in [-0.2, 0) is 40.7 Å². The van der Waals surface area contributed by atoms with Gasteiger partial charge in [0, 0.05) is 105 Å². The Morgan fingerprint density at radius 1 is 0.730 bits per heavy atom. The SMILES string of the molecule is CN(C)c1ccc(SC2=C(/C=C/C3=[N+](CCCS(=O)(=O)O)c4cc(I)c(I)c(I)c4C3(C)CCCCCC(=O)O)CCC/C2=C\C=C2/N(CS(=O)(=O)O)c3cc(I)c(I)c(I)c3C2(C)CCCCCC(=O)O)cc1. The number of thioether (sulfide) groups is 1. The van der Waals surface area contributed by atoms with Gasteiger partial charge in [0.2, 0.25) is 5.69 Å². The van der Waals surface area contributed by atoms with Crippen molar-refractivity contribution < 1.29 is 50.3 Å². The van der Waals surface area contributed by atoms with Crippen LogP contribution in [-0.4, -0.2) is 90.6 Å². The molecule has 0 aromatic heterocycles. The second-order valence-electron chi connectivity index (χ2n) is 19.4. The molecule has 3 aromatic carbocycles. The van der Waals surface area contributed by atoms with Gasteiger partial charge in [-0.05, 0) is 242 Å². The summed E-state index contributed by atoms with van der Waals surface area (Å²) in [6.07, 6.45) is 16.5. The lowest BCUT2D eigenvalue weighted by Crippen LogP contribution is -2.32. The number of hydrogen-bond donors (Lipinski definition) is 4. The Kier molecular flexibility index (Phi) is 22.6. The lowest BCUT2D eigenvalue weighted by Gasteiger charge is -2.30. The molecule has 1 aliphatic carbocycles. The van der Waals surface area contributed by atoms with Crippen LogP contribution in [0.5, 0.6) is 0 Å². The highest BCUT2D eigenvalue weighted by Crippen LogP contribution is 2.55. The van der Waals surface area contributed by atoms with Crippen LogP contribution >= 0.6 is 147 Å². The maximum absolute atomic E-state index is 12.9. The van der Waals surface area contributed by atoms with E-state index < -0.39 is 54.6 Å². The summed E-state index contributed by atoms with van der Waals surface area (Å²) >= 11 is 15.8. The molecule has 74 heavy (non-hydrogen) atoms. The summed E-state index contributed by atoms with van der Waals surface area (Å²) in [5.41, 5.74) is 7.51. The van der Waals surface area contributed by atoms with Gasteiger partial charge in [-0.25, -0.2) is 0 Å². The Morgan fingerprint density at radius 2 is 1.31 bits per heavy atom. The molecule has 0 bridgehead atoms. The van der Waals surface area contributed by atoms with E-state index >= 15 is 0 Å². The van der Waals surface area contributed by atoms with E-state index in [9.17, 15) is 45.7 Å². The highest BCUT2D eigenvalue weighted by Gasteiger charge is 2.50. The van der Waals surface area contributed by atoms with Gasteiger partial charge in [-0.2, -0.15) is 21.4 Å². The molecule has 0 radical (unpaired) electrons. The molecule has 3 aromatic rings. The van der Waals surface area contributed by atoms with Gasteiger partial charge in [-0.3, -0.25) is 18.7 Å². The summed E-state index contributed by atoms with van der Waals surface area (Å²) in [6, 6.07) is 12.5. The fourth-order valence-corrected chi connectivity index (χ4v) is 17.8. The third kappa shape index (κ3) is 15.4. The number of halogens is 6. The highest BCUT2D eigenvalue weighted by atomic mass is 127. The predicted octanol–water partition coefficient (Wildman–Crippen LogP) is 14.3. The minimum atomic E-state index is -4.51. The monoisotopic (exact) mass is 1740 g/mol. The molecule has 0 amide bonds. The van der Waals surface area contributed by atoms with E-state index in [-0.39, 0.29) is 19.3 Å². The van der Waals surface area contributed by atoms with Crippen LogP contribution in [0.4, 0.5) is 17.1 Å². The van der Waals surface area contributed by atoms with E-state index in [0.717, 1.165) is 115 Å². The first kappa shape index (κ1) is 62.6. The number of unbranched alkanes of at least 4 members (excludes halogenated alkanes) is 4. The maximum Gasteiger partial charge on any atom is 0.303 e. The Morgan fingerprint density at radius 3 is 1.88 bits per heavy atom. The molecule has 0 spiro atoms. The highest BCUT2D eigenvalue weighted by molar-refractivity contribution is 14.1. The number of benzene rings is 3. The van der Waals surface area contributed by atoms with Crippen molar-refractivity contribution in [2.24, 2.45) is 0 Å². The van der Waals surface area contributed by atoms with Crippen LogP contribution in [0.1, 0.15) is 115 Å². The third-order valence-corrected chi connectivity index (χ3v) is 26.7.